The maximum atomic E-state index is 15.0. The Morgan fingerprint density at radius 3 is 2.46 bits per heavy atom. The van der Waals surface area contributed by atoms with Gasteiger partial charge in [-0.3, -0.25) is 14.5 Å². The van der Waals surface area contributed by atoms with Crippen LogP contribution in [0, 0.1) is 5.82 Å². The quantitative estimate of drug-likeness (QED) is 0.377. The van der Waals surface area contributed by atoms with Crippen LogP contribution in [-0.2, 0) is 19.3 Å². The van der Waals surface area contributed by atoms with Crippen LogP contribution in [0.25, 0.3) is 5.82 Å². The number of nitrogens with zero attached hydrogens (tertiary/aromatic N) is 5. The fourth-order valence-electron chi connectivity index (χ4n) is 2.93. The van der Waals surface area contributed by atoms with Crippen LogP contribution in [-0.4, -0.2) is 52.8 Å². The number of aliphatic hydroxyl groups is 1. The third kappa shape index (κ3) is 5.53. The number of alkyl halides is 6. The van der Waals surface area contributed by atoms with E-state index in [1.165, 1.54) is 6.92 Å². The highest BCUT2D eigenvalue weighted by Crippen LogP contribution is 2.37. The van der Waals surface area contributed by atoms with Crippen LogP contribution in [0.3, 0.4) is 0 Å². The van der Waals surface area contributed by atoms with E-state index in [0.717, 1.165) is 4.57 Å². The number of pyridine rings is 1. The smallest absolute Gasteiger partial charge is 0.434 e. The molecule has 37 heavy (non-hydrogen) atoms. The van der Waals surface area contributed by atoms with Gasteiger partial charge in [-0.15, -0.1) is 5.10 Å². The monoisotopic (exact) mass is 561 g/mol. The third-order valence-electron chi connectivity index (χ3n) is 4.76. The number of anilines is 1. The highest BCUT2D eigenvalue weighted by atomic mass is 35.5. The largest absolute Gasteiger partial charge is 0.464 e. The molecule has 3 aromatic rings. The minimum absolute atomic E-state index is 0.0295. The van der Waals surface area contributed by atoms with E-state index in [9.17, 15) is 45.4 Å². The molecule has 0 aliphatic heterocycles. The fourth-order valence-corrected chi connectivity index (χ4v) is 3.11. The molecular weight excluding hydrogens is 547 g/mol. The molecule has 3 heterocycles. The van der Waals surface area contributed by atoms with Crippen LogP contribution in [0.5, 0.6) is 5.88 Å². The van der Waals surface area contributed by atoms with E-state index in [4.69, 9.17) is 11.6 Å². The third-order valence-corrected chi connectivity index (χ3v) is 5.03. The van der Waals surface area contributed by atoms with Gasteiger partial charge in [0.1, 0.15) is 17.9 Å². The number of carbonyl (C=O) groups excluding carboxylic acids is 1. The van der Waals surface area contributed by atoms with Crippen molar-refractivity contribution in [3.63, 3.8) is 0 Å². The zero-order valence-electron chi connectivity index (χ0n) is 18.5. The number of amides is 1. The Morgan fingerprint density at radius 1 is 1.30 bits per heavy atom. The predicted octanol–water partition coefficient (Wildman–Crippen LogP) is 3.06. The van der Waals surface area contributed by atoms with Crippen molar-refractivity contribution in [2.75, 3.05) is 5.32 Å². The Morgan fingerprint density at radius 2 is 1.95 bits per heavy atom. The van der Waals surface area contributed by atoms with Crippen molar-refractivity contribution in [2.45, 2.75) is 45.5 Å². The first-order chi connectivity index (χ1) is 17.1. The molecule has 3 N–H and O–H groups in total. The summed E-state index contributed by atoms with van der Waals surface area (Å²) in [5.41, 5.74) is -4.81. The zero-order valence-corrected chi connectivity index (χ0v) is 19.3. The molecule has 0 saturated heterocycles. The second-order valence-electron chi connectivity index (χ2n) is 7.18. The van der Waals surface area contributed by atoms with Crippen LogP contribution < -0.4 is 15.7 Å². The summed E-state index contributed by atoms with van der Waals surface area (Å²) in [5.74, 6) is -5.53. The van der Waals surface area contributed by atoms with Crippen molar-refractivity contribution in [1.29, 1.82) is 0 Å². The molecule has 0 unspecified atom stereocenters. The average Bonchev–Trinajstić information content (AvgIpc) is 3.32. The maximum Gasteiger partial charge on any atom is 0.434 e. The molecule has 0 bridgehead atoms. The van der Waals surface area contributed by atoms with Crippen LogP contribution in [0.4, 0.5) is 36.4 Å². The van der Waals surface area contributed by atoms with Gasteiger partial charge in [0.05, 0.1) is 0 Å². The first-order valence-electron chi connectivity index (χ1n) is 9.96. The molecule has 202 valence electrons. The molecule has 3 rings (SSSR count). The van der Waals surface area contributed by atoms with Crippen molar-refractivity contribution in [3.8, 4) is 11.7 Å². The Labute approximate surface area is 205 Å². The van der Waals surface area contributed by atoms with Crippen molar-refractivity contribution in [1.82, 2.24) is 29.5 Å². The van der Waals surface area contributed by atoms with Gasteiger partial charge in [0.2, 0.25) is 5.88 Å². The molecular formula is C18H15ClF7N7O4. The minimum atomic E-state index is -5.08. The molecule has 1 amide bonds. The zero-order chi connectivity index (χ0) is 27.9. The fraction of sp³-hybridized carbons (Fsp3) is 0.389. The summed E-state index contributed by atoms with van der Waals surface area (Å²) in [7, 11) is 0. The molecule has 0 aromatic carbocycles. The van der Waals surface area contributed by atoms with Crippen molar-refractivity contribution in [3.05, 3.63) is 44.6 Å². The summed E-state index contributed by atoms with van der Waals surface area (Å²) >= 11 is 5.57. The van der Waals surface area contributed by atoms with Gasteiger partial charge in [-0.2, -0.15) is 41.1 Å². The topological polar surface area (TPSA) is 140 Å². The van der Waals surface area contributed by atoms with E-state index >= 15 is 0 Å². The van der Waals surface area contributed by atoms with Crippen LogP contribution >= 0.6 is 11.6 Å². The van der Waals surface area contributed by atoms with Crippen molar-refractivity contribution in [2.24, 2.45) is 0 Å². The molecule has 0 aliphatic carbocycles. The number of rotatable bonds is 7. The molecule has 0 radical (unpaired) electrons. The Balaban J connectivity index is 2.16. The van der Waals surface area contributed by atoms with Crippen LogP contribution in [0.1, 0.15) is 35.7 Å². The highest BCUT2D eigenvalue weighted by Gasteiger charge is 2.40. The second-order valence-corrected chi connectivity index (χ2v) is 7.54. The van der Waals surface area contributed by atoms with E-state index in [1.54, 1.807) is 10.4 Å². The Hall–Kier alpha value is -3.67. The van der Waals surface area contributed by atoms with Gasteiger partial charge >= 0.3 is 18.0 Å². The number of aliphatic hydroxyl groups excluding tert-OH is 1. The average molecular weight is 562 g/mol. The van der Waals surface area contributed by atoms with Crippen molar-refractivity contribution >= 4 is 23.2 Å². The standard InChI is InChI=1S/C18H15ClF7N7O4/c1-3-32-9(5-34)31-33(16(32)36)13-8(20)4-7(15(28-13)37-6(2)17(21,22)23)14(35)27-10-11(18(24,25)26)29-30-12(10)19/h4,6,34H,3,5H2,1-2H3,(H,27,35)(H,29,30)/t6-/m0/s1. The SMILES string of the molecule is CCn1c(CO)nn(-c2nc(O[C@@H](C)C(F)(F)F)c(C(=O)Nc3c(Cl)n[nH]c3C(F)(F)F)cc2F)c1=O. The maximum absolute atomic E-state index is 15.0. The lowest BCUT2D eigenvalue weighted by molar-refractivity contribution is -0.190. The lowest BCUT2D eigenvalue weighted by Crippen LogP contribution is -2.33. The molecule has 0 fully saturated rings. The molecule has 0 saturated carbocycles. The molecule has 1 atom stereocenters. The van der Waals surface area contributed by atoms with Crippen LogP contribution in [0.2, 0.25) is 5.15 Å². The lowest BCUT2D eigenvalue weighted by Gasteiger charge is -2.19. The van der Waals surface area contributed by atoms with Gasteiger partial charge in [-0.1, -0.05) is 11.6 Å². The number of ether oxygens (including phenoxy) is 1. The Kier molecular flexibility index (Phi) is 7.54. The van der Waals surface area contributed by atoms with E-state index < -0.39 is 76.3 Å². The summed E-state index contributed by atoms with van der Waals surface area (Å²) in [6, 6.07) is 0.285. The molecule has 11 nitrogen and oxygen atoms in total. The van der Waals surface area contributed by atoms with Gasteiger partial charge in [0, 0.05) is 6.54 Å². The van der Waals surface area contributed by atoms with Gasteiger partial charge in [-0.05, 0) is 19.9 Å². The summed E-state index contributed by atoms with van der Waals surface area (Å²) in [6.45, 7) is 1.21. The summed E-state index contributed by atoms with van der Waals surface area (Å²) in [4.78, 5) is 28.8. The number of nitrogens with one attached hydrogen (secondary N) is 2. The number of hydrogen-bond acceptors (Lipinski definition) is 7. The summed E-state index contributed by atoms with van der Waals surface area (Å²) in [5, 5.41) is 18.5. The number of carbonyl (C=O) groups is 1. The summed E-state index contributed by atoms with van der Waals surface area (Å²) < 4.78 is 99.8. The van der Waals surface area contributed by atoms with Gasteiger partial charge < -0.3 is 15.2 Å². The van der Waals surface area contributed by atoms with E-state index in [0.29, 0.717) is 11.6 Å². The van der Waals surface area contributed by atoms with E-state index in [2.05, 4.69) is 19.9 Å². The molecule has 3 aromatic heterocycles. The first kappa shape index (κ1) is 27.9. The van der Waals surface area contributed by atoms with Crippen molar-refractivity contribution < 1.29 is 45.4 Å². The Bertz CT molecular complexity index is 1380. The molecule has 0 aliphatic rings. The van der Waals surface area contributed by atoms with Gasteiger partial charge in [0.15, 0.2) is 34.4 Å². The number of H-pyrrole nitrogens is 1. The van der Waals surface area contributed by atoms with E-state index in [1.807, 2.05) is 0 Å². The number of hydrogen-bond donors (Lipinski definition) is 3. The number of aromatic nitrogens is 6. The predicted molar refractivity (Wildman–Crippen MR) is 110 cm³/mol. The van der Waals surface area contributed by atoms with Gasteiger partial charge in [-0.25, -0.2) is 9.18 Å². The lowest BCUT2D eigenvalue weighted by atomic mass is 10.2. The first-order valence-corrected chi connectivity index (χ1v) is 10.3. The highest BCUT2D eigenvalue weighted by molar-refractivity contribution is 6.33. The van der Waals surface area contributed by atoms with Gasteiger partial charge in [0.25, 0.3) is 5.91 Å². The normalized spacial score (nSPS) is 13.1. The molecule has 0 spiro atoms. The summed E-state index contributed by atoms with van der Waals surface area (Å²) in [6.07, 6.45) is -12.7. The van der Waals surface area contributed by atoms with Crippen LogP contribution in [0.15, 0.2) is 10.9 Å². The second kappa shape index (κ2) is 10.0. The van der Waals surface area contributed by atoms with E-state index in [-0.39, 0.29) is 18.4 Å². The molecule has 19 heteroatoms. The minimum Gasteiger partial charge on any atom is -0.464 e. The number of halogens is 8. The number of aromatic amines is 1.